The van der Waals surface area contributed by atoms with E-state index in [-0.39, 0.29) is 0 Å². The Kier molecular flexibility index (Phi) is 3.15. The summed E-state index contributed by atoms with van der Waals surface area (Å²) in [6, 6.07) is 16.3. The van der Waals surface area contributed by atoms with E-state index in [1.165, 1.54) is 6.33 Å². The van der Waals surface area contributed by atoms with Crippen LogP contribution in [0.3, 0.4) is 0 Å². The predicted octanol–water partition coefficient (Wildman–Crippen LogP) is 3.53. The highest BCUT2D eigenvalue weighted by Crippen LogP contribution is 2.23. The fraction of sp³-hybridized carbons (Fsp3) is 0.0526. The topological polar surface area (TPSA) is 64.7 Å². The van der Waals surface area contributed by atoms with E-state index in [4.69, 9.17) is 5.73 Å². The number of pyridine rings is 1. The molecule has 0 fully saturated rings. The van der Waals surface area contributed by atoms with Crippen molar-refractivity contribution in [3.63, 3.8) is 0 Å². The summed E-state index contributed by atoms with van der Waals surface area (Å²) in [7, 11) is 0. The van der Waals surface area contributed by atoms with Crippen LogP contribution in [0, 0.1) is 6.92 Å². The van der Waals surface area contributed by atoms with Crippen LogP contribution in [0.5, 0.6) is 0 Å². The van der Waals surface area contributed by atoms with Crippen LogP contribution in [0.15, 0.2) is 54.9 Å². The molecule has 1 radical (unpaired) electrons. The molecule has 4 rings (SSSR count). The zero-order valence-electron chi connectivity index (χ0n) is 12.5. The Morgan fingerprint density at radius 3 is 2.74 bits per heavy atom. The Morgan fingerprint density at radius 2 is 1.83 bits per heavy atom. The van der Waals surface area contributed by atoms with Crippen LogP contribution in [0.4, 0.5) is 5.82 Å². The van der Waals surface area contributed by atoms with Gasteiger partial charge in [0.2, 0.25) is 0 Å². The molecular weight excluding hydrogens is 284 g/mol. The van der Waals surface area contributed by atoms with Gasteiger partial charge in [-0.15, -0.1) is 0 Å². The number of fused-ring (bicyclic) bond motifs is 2. The Hall–Kier alpha value is -3.01. The maximum Gasteiger partial charge on any atom is 0.134 e. The number of nitrogens with two attached hydrogens (primary N) is 1. The predicted molar refractivity (Wildman–Crippen MR) is 93.0 cm³/mol. The van der Waals surface area contributed by atoms with Gasteiger partial charge in [-0.1, -0.05) is 30.3 Å². The van der Waals surface area contributed by atoms with Gasteiger partial charge in [-0.2, -0.15) is 0 Å². The molecule has 0 aliphatic heterocycles. The SMILES string of the molecule is [CH2]c1cc2ccccc2c(Cc2ccc3c(N)ncnc3c2)n1. The third-order valence-electron chi connectivity index (χ3n) is 3.98. The van der Waals surface area contributed by atoms with E-state index in [9.17, 15) is 0 Å². The Labute approximate surface area is 134 Å². The largest absolute Gasteiger partial charge is 0.383 e. The van der Waals surface area contributed by atoms with Gasteiger partial charge in [0.25, 0.3) is 0 Å². The van der Waals surface area contributed by atoms with Gasteiger partial charge in [-0.05, 0) is 36.1 Å². The Morgan fingerprint density at radius 1 is 0.957 bits per heavy atom. The number of nitrogen functional groups attached to an aromatic ring is 1. The molecule has 4 aromatic rings. The molecule has 0 saturated carbocycles. The van der Waals surface area contributed by atoms with Gasteiger partial charge < -0.3 is 5.73 Å². The van der Waals surface area contributed by atoms with Crippen LogP contribution < -0.4 is 5.73 Å². The number of aromatic nitrogens is 3. The van der Waals surface area contributed by atoms with Crippen molar-refractivity contribution in [2.45, 2.75) is 6.42 Å². The van der Waals surface area contributed by atoms with E-state index in [1.807, 2.05) is 36.4 Å². The van der Waals surface area contributed by atoms with Crippen molar-refractivity contribution in [2.75, 3.05) is 5.73 Å². The van der Waals surface area contributed by atoms with Gasteiger partial charge in [0, 0.05) is 22.9 Å². The lowest BCUT2D eigenvalue weighted by Crippen LogP contribution is -1.98. The number of rotatable bonds is 2. The van der Waals surface area contributed by atoms with E-state index < -0.39 is 0 Å². The summed E-state index contributed by atoms with van der Waals surface area (Å²) in [4.78, 5) is 12.9. The minimum Gasteiger partial charge on any atom is -0.383 e. The smallest absolute Gasteiger partial charge is 0.134 e. The lowest BCUT2D eigenvalue weighted by Gasteiger charge is -2.09. The average molecular weight is 299 g/mol. The van der Waals surface area contributed by atoms with Gasteiger partial charge in [-0.3, -0.25) is 4.98 Å². The van der Waals surface area contributed by atoms with E-state index in [0.717, 1.165) is 45.0 Å². The normalized spacial score (nSPS) is 11.2. The molecule has 0 unspecified atom stereocenters. The molecule has 0 aliphatic rings. The molecular formula is C19H15N4. The molecule has 0 saturated heterocycles. The van der Waals surface area contributed by atoms with Gasteiger partial charge in [0.15, 0.2) is 0 Å². The first-order valence-corrected chi connectivity index (χ1v) is 7.40. The quantitative estimate of drug-likeness (QED) is 0.615. The third kappa shape index (κ3) is 2.48. The van der Waals surface area contributed by atoms with Crippen molar-refractivity contribution in [3.8, 4) is 0 Å². The van der Waals surface area contributed by atoms with Crippen molar-refractivity contribution in [2.24, 2.45) is 0 Å². The summed E-state index contributed by atoms with van der Waals surface area (Å²) in [6.07, 6.45) is 2.22. The maximum absolute atomic E-state index is 5.88. The van der Waals surface area contributed by atoms with E-state index in [0.29, 0.717) is 5.82 Å². The molecule has 0 atom stereocenters. The average Bonchev–Trinajstić information content (AvgIpc) is 2.55. The van der Waals surface area contributed by atoms with Crippen LogP contribution in [0.2, 0.25) is 0 Å². The number of hydrogen-bond acceptors (Lipinski definition) is 4. The fourth-order valence-electron chi connectivity index (χ4n) is 2.89. The zero-order valence-corrected chi connectivity index (χ0v) is 12.5. The zero-order chi connectivity index (χ0) is 15.8. The van der Waals surface area contributed by atoms with E-state index >= 15 is 0 Å². The van der Waals surface area contributed by atoms with Crippen LogP contribution in [-0.4, -0.2) is 15.0 Å². The van der Waals surface area contributed by atoms with Crippen molar-refractivity contribution in [1.82, 2.24) is 15.0 Å². The Bertz CT molecular complexity index is 1020. The Balaban J connectivity index is 1.82. The second-order valence-electron chi connectivity index (χ2n) is 5.57. The molecule has 4 nitrogen and oxygen atoms in total. The molecule has 111 valence electrons. The molecule has 0 bridgehead atoms. The van der Waals surface area contributed by atoms with Crippen LogP contribution in [0.1, 0.15) is 17.0 Å². The van der Waals surface area contributed by atoms with Crippen molar-refractivity contribution in [3.05, 3.63) is 78.7 Å². The lowest BCUT2D eigenvalue weighted by atomic mass is 10.0. The molecule has 0 amide bonds. The summed E-state index contributed by atoms with van der Waals surface area (Å²) in [5.74, 6) is 0.505. The molecule has 0 aliphatic carbocycles. The number of hydrogen-bond donors (Lipinski definition) is 1. The number of anilines is 1. The summed E-state index contributed by atoms with van der Waals surface area (Å²) >= 11 is 0. The first kappa shape index (κ1) is 13.6. The second-order valence-corrected chi connectivity index (χ2v) is 5.57. The molecule has 2 aromatic carbocycles. The van der Waals surface area contributed by atoms with Crippen molar-refractivity contribution < 1.29 is 0 Å². The highest BCUT2D eigenvalue weighted by Gasteiger charge is 2.07. The monoisotopic (exact) mass is 299 g/mol. The van der Waals surface area contributed by atoms with Crippen LogP contribution in [0.25, 0.3) is 21.7 Å². The molecule has 0 spiro atoms. The van der Waals surface area contributed by atoms with Gasteiger partial charge in [0.05, 0.1) is 11.2 Å². The number of benzene rings is 2. The first-order valence-electron chi connectivity index (χ1n) is 7.40. The summed E-state index contributed by atoms with van der Waals surface area (Å²) in [6.45, 7) is 3.99. The highest BCUT2D eigenvalue weighted by atomic mass is 14.9. The molecule has 2 N–H and O–H groups in total. The first-order chi connectivity index (χ1) is 11.2. The van der Waals surface area contributed by atoms with E-state index in [2.05, 4.69) is 34.0 Å². The molecule has 2 heterocycles. The minimum absolute atomic E-state index is 0.505. The maximum atomic E-state index is 5.88. The van der Waals surface area contributed by atoms with Gasteiger partial charge in [-0.25, -0.2) is 9.97 Å². The standard InChI is InChI=1S/C19H15N4/c1-12-8-14-4-2-3-5-15(14)18(23-12)10-13-6-7-16-17(9-13)21-11-22-19(16)20/h2-9,11H,1,10H2,(H2,20,21,22). The van der Waals surface area contributed by atoms with Crippen molar-refractivity contribution >= 4 is 27.5 Å². The second kappa shape index (κ2) is 5.32. The summed E-state index contributed by atoms with van der Waals surface area (Å²) in [5, 5.41) is 3.19. The van der Waals surface area contributed by atoms with Gasteiger partial charge >= 0.3 is 0 Å². The molecule has 23 heavy (non-hydrogen) atoms. The summed E-state index contributed by atoms with van der Waals surface area (Å²) in [5.41, 5.74) is 9.68. The fourth-order valence-corrected chi connectivity index (χ4v) is 2.89. The summed E-state index contributed by atoms with van der Waals surface area (Å²) < 4.78 is 0. The molecule has 4 heteroatoms. The van der Waals surface area contributed by atoms with Crippen molar-refractivity contribution in [1.29, 1.82) is 0 Å². The number of nitrogens with zero attached hydrogens (tertiary/aromatic N) is 3. The third-order valence-corrected chi connectivity index (χ3v) is 3.98. The minimum atomic E-state index is 0.505. The van der Waals surface area contributed by atoms with Crippen LogP contribution in [-0.2, 0) is 6.42 Å². The van der Waals surface area contributed by atoms with Gasteiger partial charge in [0.1, 0.15) is 12.1 Å². The lowest BCUT2D eigenvalue weighted by molar-refractivity contribution is 1.08. The highest BCUT2D eigenvalue weighted by molar-refractivity contribution is 5.88. The molecule has 2 aromatic heterocycles. The van der Waals surface area contributed by atoms with Crippen LogP contribution >= 0.6 is 0 Å². The van der Waals surface area contributed by atoms with E-state index in [1.54, 1.807) is 0 Å².